The Hall–Kier alpha value is -1.55. The van der Waals surface area contributed by atoms with Crippen molar-refractivity contribution in [1.29, 1.82) is 0 Å². The Kier molecular flexibility index (Phi) is 4.80. The predicted molar refractivity (Wildman–Crippen MR) is 75.8 cm³/mol. The van der Waals surface area contributed by atoms with Crippen molar-refractivity contribution >= 4 is 11.6 Å². The number of carbonyl (C=O) groups excluding carboxylic acids is 1. The number of nitrogens with two attached hydrogens (primary N) is 1. The quantitative estimate of drug-likeness (QED) is 0.842. The molecule has 1 fully saturated rings. The first-order chi connectivity index (χ1) is 9.20. The van der Waals surface area contributed by atoms with Crippen molar-refractivity contribution in [3.8, 4) is 0 Å². The molecule has 0 bridgehead atoms. The number of likely N-dealkylation sites (tertiary alicyclic amines) is 1. The number of anilines is 1. The van der Waals surface area contributed by atoms with Gasteiger partial charge in [-0.1, -0.05) is 18.2 Å². The smallest absolute Gasteiger partial charge is 0.227 e. The third-order valence-corrected chi connectivity index (χ3v) is 3.53. The van der Waals surface area contributed by atoms with Gasteiger partial charge in [0.25, 0.3) is 0 Å². The minimum Gasteiger partial charge on any atom is -0.398 e. The molecule has 1 unspecified atom stereocenters. The first-order valence-corrected chi connectivity index (χ1v) is 6.93. The van der Waals surface area contributed by atoms with E-state index in [0.29, 0.717) is 25.3 Å². The first kappa shape index (κ1) is 13.9. The fraction of sp³-hybridized carbons (Fsp3) is 0.533. The minimum atomic E-state index is 0.141. The SMILES string of the molecule is CCOC1CCCN(C(=O)Cc2ccccc2N)C1. The van der Waals surface area contributed by atoms with E-state index in [2.05, 4.69) is 0 Å². The van der Waals surface area contributed by atoms with Gasteiger partial charge in [-0.3, -0.25) is 4.79 Å². The van der Waals surface area contributed by atoms with Crippen LogP contribution in [-0.4, -0.2) is 36.6 Å². The Morgan fingerprint density at radius 3 is 3.00 bits per heavy atom. The van der Waals surface area contributed by atoms with Crippen molar-refractivity contribution in [2.24, 2.45) is 0 Å². The maximum absolute atomic E-state index is 12.3. The molecule has 104 valence electrons. The van der Waals surface area contributed by atoms with Crippen LogP contribution in [0.15, 0.2) is 24.3 Å². The zero-order valence-corrected chi connectivity index (χ0v) is 11.5. The molecule has 1 saturated heterocycles. The van der Waals surface area contributed by atoms with Gasteiger partial charge in [0.15, 0.2) is 0 Å². The molecule has 2 rings (SSSR count). The fourth-order valence-corrected chi connectivity index (χ4v) is 2.51. The third kappa shape index (κ3) is 3.70. The standard InChI is InChI=1S/C15H22N2O2/c1-2-19-13-7-5-9-17(11-13)15(18)10-12-6-3-4-8-14(12)16/h3-4,6,8,13H,2,5,7,9-11,16H2,1H3. The van der Waals surface area contributed by atoms with E-state index in [4.69, 9.17) is 10.5 Å². The van der Waals surface area contributed by atoms with E-state index in [1.54, 1.807) is 0 Å². The average Bonchev–Trinajstić information content (AvgIpc) is 2.42. The zero-order valence-electron chi connectivity index (χ0n) is 11.5. The molecule has 1 aliphatic heterocycles. The molecule has 1 aromatic rings. The van der Waals surface area contributed by atoms with Gasteiger partial charge in [-0.05, 0) is 31.4 Å². The second kappa shape index (κ2) is 6.57. The average molecular weight is 262 g/mol. The lowest BCUT2D eigenvalue weighted by molar-refractivity contribution is -0.134. The van der Waals surface area contributed by atoms with Gasteiger partial charge in [0.1, 0.15) is 0 Å². The Morgan fingerprint density at radius 1 is 1.47 bits per heavy atom. The van der Waals surface area contributed by atoms with Crippen LogP contribution < -0.4 is 5.73 Å². The van der Waals surface area contributed by atoms with Crippen LogP contribution in [0.4, 0.5) is 5.69 Å². The Morgan fingerprint density at radius 2 is 2.26 bits per heavy atom. The number of para-hydroxylation sites is 1. The van der Waals surface area contributed by atoms with Crippen molar-refractivity contribution in [3.05, 3.63) is 29.8 Å². The summed E-state index contributed by atoms with van der Waals surface area (Å²) in [5.41, 5.74) is 7.48. The van der Waals surface area contributed by atoms with Crippen LogP contribution in [0.25, 0.3) is 0 Å². The van der Waals surface area contributed by atoms with Crippen molar-refractivity contribution in [3.63, 3.8) is 0 Å². The Bertz CT molecular complexity index is 432. The van der Waals surface area contributed by atoms with Gasteiger partial charge < -0.3 is 15.4 Å². The molecule has 0 aromatic heterocycles. The highest BCUT2D eigenvalue weighted by Crippen LogP contribution is 2.17. The molecule has 0 saturated carbocycles. The molecule has 1 amide bonds. The monoisotopic (exact) mass is 262 g/mol. The number of nitrogens with zero attached hydrogens (tertiary/aromatic N) is 1. The van der Waals surface area contributed by atoms with Crippen molar-refractivity contribution in [1.82, 2.24) is 4.90 Å². The van der Waals surface area contributed by atoms with Gasteiger partial charge in [-0.15, -0.1) is 0 Å². The van der Waals surface area contributed by atoms with Crippen LogP contribution in [0.2, 0.25) is 0 Å². The normalized spacial score (nSPS) is 19.4. The lowest BCUT2D eigenvalue weighted by Crippen LogP contribution is -2.43. The van der Waals surface area contributed by atoms with E-state index in [1.807, 2.05) is 36.1 Å². The minimum absolute atomic E-state index is 0.141. The van der Waals surface area contributed by atoms with Crippen molar-refractivity contribution in [2.45, 2.75) is 32.3 Å². The zero-order chi connectivity index (χ0) is 13.7. The molecule has 0 radical (unpaired) electrons. The summed E-state index contributed by atoms with van der Waals surface area (Å²) >= 11 is 0. The summed E-state index contributed by atoms with van der Waals surface area (Å²) in [4.78, 5) is 14.2. The maximum Gasteiger partial charge on any atom is 0.227 e. The van der Waals surface area contributed by atoms with E-state index in [0.717, 1.165) is 24.9 Å². The number of benzene rings is 1. The van der Waals surface area contributed by atoms with Crippen LogP contribution in [-0.2, 0) is 16.0 Å². The number of amides is 1. The molecule has 4 heteroatoms. The number of hydrogen-bond acceptors (Lipinski definition) is 3. The fourth-order valence-electron chi connectivity index (χ4n) is 2.51. The van der Waals surface area contributed by atoms with Crippen LogP contribution in [0.1, 0.15) is 25.3 Å². The largest absolute Gasteiger partial charge is 0.398 e. The molecule has 1 atom stereocenters. The lowest BCUT2D eigenvalue weighted by Gasteiger charge is -2.32. The summed E-state index contributed by atoms with van der Waals surface area (Å²) in [6, 6.07) is 7.55. The molecule has 2 N–H and O–H groups in total. The van der Waals surface area contributed by atoms with E-state index in [-0.39, 0.29) is 12.0 Å². The highest BCUT2D eigenvalue weighted by atomic mass is 16.5. The van der Waals surface area contributed by atoms with Gasteiger partial charge in [0.05, 0.1) is 12.5 Å². The van der Waals surface area contributed by atoms with E-state index in [9.17, 15) is 4.79 Å². The Labute approximate surface area is 114 Å². The molecule has 19 heavy (non-hydrogen) atoms. The molecular formula is C15H22N2O2. The number of rotatable bonds is 4. The molecule has 0 aliphatic carbocycles. The van der Waals surface area contributed by atoms with Gasteiger partial charge >= 0.3 is 0 Å². The highest BCUT2D eigenvalue weighted by Gasteiger charge is 2.24. The summed E-state index contributed by atoms with van der Waals surface area (Å²) in [6.45, 7) is 4.23. The van der Waals surface area contributed by atoms with Crippen molar-refractivity contribution in [2.75, 3.05) is 25.4 Å². The number of carbonyl (C=O) groups is 1. The van der Waals surface area contributed by atoms with E-state index < -0.39 is 0 Å². The van der Waals surface area contributed by atoms with Crippen LogP contribution in [0.5, 0.6) is 0 Å². The molecule has 1 aliphatic rings. The third-order valence-electron chi connectivity index (χ3n) is 3.53. The molecule has 0 spiro atoms. The summed E-state index contributed by atoms with van der Waals surface area (Å²) in [5, 5.41) is 0. The van der Waals surface area contributed by atoms with Crippen LogP contribution in [0, 0.1) is 0 Å². The summed E-state index contributed by atoms with van der Waals surface area (Å²) < 4.78 is 5.62. The predicted octanol–water partition coefficient (Wildman–Crippen LogP) is 1.84. The van der Waals surface area contributed by atoms with E-state index >= 15 is 0 Å². The molecule has 1 aromatic carbocycles. The van der Waals surface area contributed by atoms with Gasteiger partial charge in [0.2, 0.25) is 5.91 Å². The van der Waals surface area contributed by atoms with Crippen LogP contribution in [0.3, 0.4) is 0 Å². The number of ether oxygens (including phenoxy) is 1. The van der Waals surface area contributed by atoms with Gasteiger partial charge in [-0.2, -0.15) is 0 Å². The maximum atomic E-state index is 12.3. The number of hydrogen-bond donors (Lipinski definition) is 1. The van der Waals surface area contributed by atoms with Crippen LogP contribution >= 0.6 is 0 Å². The van der Waals surface area contributed by atoms with Gasteiger partial charge in [0, 0.05) is 25.4 Å². The lowest BCUT2D eigenvalue weighted by atomic mass is 10.1. The van der Waals surface area contributed by atoms with Gasteiger partial charge in [-0.25, -0.2) is 0 Å². The topological polar surface area (TPSA) is 55.6 Å². The highest BCUT2D eigenvalue weighted by molar-refractivity contribution is 5.80. The second-order valence-electron chi connectivity index (χ2n) is 4.93. The summed E-state index contributed by atoms with van der Waals surface area (Å²) in [5.74, 6) is 0.141. The van der Waals surface area contributed by atoms with E-state index in [1.165, 1.54) is 0 Å². The van der Waals surface area contributed by atoms with Crippen molar-refractivity contribution < 1.29 is 9.53 Å². The Balaban J connectivity index is 1.94. The molecule has 1 heterocycles. The molecular weight excluding hydrogens is 240 g/mol. The number of piperidine rings is 1. The summed E-state index contributed by atoms with van der Waals surface area (Å²) in [6.07, 6.45) is 2.63. The first-order valence-electron chi connectivity index (χ1n) is 6.93. The molecule has 4 nitrogen and oxygen atoms in total. The summed E-state index contributed by atoms with van der Waals surface area (Å²) in [7, 11) is 0. The number of nitrogen functional groups attached to an aromatic ring is 1. The second-order valence-corrected chi connectivity index (χ2v) is 4.93.